The molecule has 0 radical (unpaired) electrons. The molecule has 1 aromatic carbocycles. The third kappa shape index (κ3) is 4.35. The molecular formula is C18H22ClNO3. The zero-order valence-corrected chi connectivity index (χ0v) is 14.2. The maximum absolute atomic E-state index is 12.9. The van der Waals surface area contributed by atoms with Gasteiger partial charge in [-0.05, 0) is 24.3 Å². The van der Waals surface area contributed by atoms with Crippen LogP contribution in [0.1, 0.15) is 25.8 Å². The Morgan fingerprint density at radius 2 is 2.09 bits per heavy atom. The van der Waals surface area contributed by atoms with Gasteiger partial charge >= 0.3 is 6.09 Å². The minimum atomic E-state index is -0.545. The smallest absolute Gasteiger partial charge is 0.416 e. The minimum absolute atomic E-state index is 0.112. The number of hydrogen-bond donors (Lipinski definition) is 0. The van der Waals surface area contributed by atoms with E-state index in [4.69, 9.17) is 16.3 Å². The van der Waals surface area contributed by atoms with Gasteiger partial charge in [0, 0.05) is 11.5 Å². The van der Waals surface area contributed by atoms with Crippen LogP contribution in [-0.4, -0.2) is 29.5 Å². The first-order valence-corrected chi connectivity index (χ1v) is 8.27. The Morgan fingerprint density at radius 1 is 1.39 bits per heavy atom. The van der Waals surface area contributed by atoms with Crippen molar-refractivity contribution in [2.24, 2.45) is 11.8 Å². The van der Waals surface area contributed by atoms with Crippen molar-refractivity contribution < 1.29 is 14.3 Å². The Hall–Kier alpha value is -1.81. The van der Waals surface area contributed by atoms with E-state index in [2.05, 4.69) is 0 Å². The number of carbonyl (C=O) groups excluding carboxylic acids is 2. The minimum Gasteiger partial charge on any atom is -0.447 e. The first kappa shape index (κ1) is 17.5. The van der Waals surface area contributed by atoms with Gasteiger partial charge < -0.3 is 4.74 Å². The Balaban J connectivity index is 2.15. The molecule has 1 heterocycles. The van der Waals surface area contributed by atoms with Crippen LogP contribution in [0.5, 0.6) is 0 Å². The Morgan fingerprint density at radius 3 is 2.70 bits per heavy atom. The molecule has 1 aliphatic rings. The van der Waals surface area contributed by atoms with Crippen LogP contribution in [0.4, 0.5) is 4.79 Å². The van der Waals surface area contributed by atoms with E-state index in [9.17, 15) is 9.59 Å². The van der Waals surface area contributed by atoms with Crippen LogP contribution in [-0.2, 0) is 16.0 Å². The maximum atomic E-state index is 12.9. The summed E-state index contributed by atoms with van der Waals surface area (Å²) in [7, 11) is 0. The highest BCUT2D eigenvalue weighted by molar-refractivity contribution is 6.25. The van der Waals surface area contributed by atoms with Gasteiger partial charge in [-0.3, -0.25) is 4.79 Å². The van der Waals surface area contributed by atoms with Crippen molar-refractivity contribution in [2.75, 3.05) is 6.61 Å². The standard InChI is InChI=1S/C18H22ClNO3/c1-13(2)16(9-6-10-19)17(21)20-15(12-23-18(20)22)11-14-7-4-3-5-8-14/h3-8,10,13,15-16H,9,11-12H2,1-2H3/b10-6+. The number of allylic oxidation sites excluding steroid dienone is 1. The number of rotatable bonds is 6. The number of amides is 2. The number of carbonyl (C=O) groups is 2. The lowest BCUT2D eigenvalue weighted by Crippen LogP contribution is -2.44. The second-order valence-corrected chi connectivity index (χ2v) is 6.33. The van der Waals surface area contributed by atoms with Crippen LogP contribution in [0.25, 0.3) is 0 Å². The van der Waals surface area contributed by atoms with Crippen molar-refractivity contribution in [2.45, 2.75) is 32.7 Å². The third-order valence-corrected chi connectivity index (χ3v) is 4.29. The van der Waals surface area contributed by atoms with Gasteiger partial charge in [-0.1, -0.05) is 61.9 Å². The second-order valence-electron chi connectivity index (χ2n) is 6.08. The number of ether oxygens (including phenoxy) is 1. The number of benzene rings is 1. The van der Waals surface area contributed by atoms with Gasteiger partial charge in [0.2, 0.25) is 5.91 Å². The SMILES string of the molecule is CC(C)C(C/C=C/Cl)C(=O)N1C(=O)OCC1Cc1ccccc1. The number of halogens is 1. The molecule has 2 atom stereocenters. The summed E-state index contributed by atoms with van der Waals surface area (Å²) >= 11 is 5.58. The summed E-state index contributed by atoms with van der Waals surface area (Å²) in [5, 5.41) is 0. The van der Waals surface area contributed by atoms with Crippen LogP contribution in [0.15, 0.2) is 41.9 Å². The van der Waals surface area contributed by atoms with Gasteiger partial charge in [-0.25, -0.2) is 9.69 Å². The van der Waals surface area contributed by atoms with E-state index in [0.29, 0.717) is 12.8 Å². The predicted octanol–water partition coefficient (Wildman–Crippen LogP) is 3.99. The Labute approximate surface area is 142 Å². The molecular weight excluding hydrogens is 314 g/mol. The number of hydrogen-bond acceptors (Lipinski definition) is 3. The zero-order chi connectivity index (χ0) is 16.8. The summed E-state index contributed by atoms with van der Waals surface area (Å²) in [6.07, 6.45) is 2.32. The van der Waals surface area contributed by atoms with E-state index >= 15 is 0 Å². The summed E-state index contributed by atoms with van der Waals surface area (Å²) in [4.78, 5) is 26.2. The van der Waals surface area contributed by atoms with Gasteiger partial charge in [0.15, 0.2) is 0 Å². The van der Waals surface area contributed by atoms with Gasteiger partial charge in [0.25, 0.3) is 0 Å². The fourth-order valence-electron chi connectivity index (χ4n) is 2.80. The van der Waals surface area contributed by atoms with Crippen LogP contribution in [0.2, 0.25) is 0 Å². The number of cyclic esters (lactones) is 1. The topological polar surface area (TPSA) is 46.6 Å². The highest BCUT2D eigenvalue weighted by Crippen LogP contribution is 2.25. The van der Waals surface area contributed by atoms with Crippen molar-refractivity contribution >= 4 is 23.6 Å². The van der Waals surface area contributed by atoms with E-state index < -0.39 is 6.09 Å². The van der Waals surface area contributed by atoms with E-state index in [1.807, 2.05) is 44.2 Å². The molecule has 0 N–H and O–H groups in total. The van der Waals surface area contributed by atoms with Gasteiger partial charge in [0.05, 0.1) is 6.04 Å². The van der Waals surface area contributed by atoms with Crippen molar-refractivity contribution in [1.82, 2.24) is 4.90 Å². The molecule has 0 saturated carbocycles. The van der Waals surface area contributed by atoms with E-state index in [-0.39, 0.29) is 30.4 Å². The van der Waals surface area contributed by atoms with Crippen LogP contribution >= 0.6 is 11.6 Å². The maximum Gasteiger partial charge on any atom is 0.416 e. The average Bonchev–Trinajstić information content (AvgIpc) is 2.88. The molecule has 4 nitrogen and oxygen atoms in total. The van der Waals surface area contributed by atoms with Crippen LogP contribution in [0, 0.1) is 11.8 Å². The molecule has 2 rings (SSSR count). The highest BCUT2D eigenvalue weighted by atomic mass is 35.5. The van der Waals surface area contributed by atoms with Gasteiger partial charge in [-0.2, -0.15) is 0 Å². The largest absolute Gasteiger partial charge is 0.447 e. The molecule has 5 heteroatoms. The molecule has 0 aliphatic carbocycles. The molecule has 1 aromatic rings. The lowest BCUT2D eigenvalue weighted by Gasteiger charge is -2.26. The summed E-state index contributed by atoms with van der Waals surface area (Å²) < 4.78 is 5.13. The number of nitrogens with zero attached hydrogens (tertiary/aromatic N) is 1. The molecule has 1 aliphatic heterocycles. The monoisotopic (exact) mass is 335 g/mol. The van der Waals surface area contributed by atoms with Gasteiger partial charge in [0.1, 0.15) is 6.61 Å². The summed E-state index contributed by atoms with van der Waals surface area (Å²) in [6.45, 7) is 4.19. The van der Waals surface area contributed by atoms with Crippen LogP contribution < -0.4 is 0 Å². The number of imide groups is 1. The summed E-state index contributed by atoms with van der Waals surface area (Å²) in [5.74, 6) is -0.353. The van der Waals surface area contributed by atoms with E-state index in [1.54, 1.807) is 6.08 Å². The molecule has 124 valence electrons. The van der Waals surface area contributed by atoms with E-state index in [1.165, 1.54) is 10.4 Å². The lowest BCUT2D eigenvalue weighted by molar-refractivity contribution is -0.134. The van der Waals surface area contributed by atoms with Crippen molar-refractivity contribution in [3.63, 3.8) is 0 Å². The molecule has 2 amide bonds. The molecule has 0 aromatic heterocycles. The summed E-state index contributed by atoms with van der Waals surface area (Å²) in [5.41, 5.74) is 2.49. The average molecular weight is 336 g/mol. The molecule has 1 saturated heterocycles. The first-order valence-electron chi connectivity index (χ1n) is 7.83. The van der Waals surface area contributed by atoms with Gasteiger partial charge in [-0.15, -0.1) is 0 Å². The molecule has 1 fully saturated rings. The third-order valence-electron chi connectivity index (χ3n) is 4.11. The normalized spacial score (nSPS) is 19.4. The Kier molecular flexibility index (Phi) is 6.22. The fraction of sp³-hybridized carbons (Fsp3) is 0.444. The second kappa shape index (κ2) is 8.16. The molecule has 2 unspecified atom stereocenters. The van der Waals surface area contributed by atoms with Crippen molar-refractivity contribution in [3.05, 3.63) is 47.5 Å². The molecule has 23 heavy (non-hydrogen) atoms. The summed E-state index contributed by atoms with van der Waals surface area (Å²) in [6, 6.07) is 9.56. The van der Waals surface area contributed by atoms with Crippen molar-refractivity contribution in [1.29, 1.82) is 0 Å². The lowest BCUT2D eigenvalue weighted by atomic mass is 9.90. The first-order chi connectivity index (χ1) is 11.0. The predicted molar refractivity (Wildman–Crippen MR) is 90.1 cm³/mol. The Bertz CT molecular complexity index is 571. The van der Waals surface area contributed by atoms with Crippen LogP contribution in [0.3, 0.4) is 0 Å². The van der Waals surface area contributed by atoms with E-state index in [0.717, 1.165) is 5.56 Å². The van der Waals surface area contributed by atoms with Crippen molar-refractivity contribution in [3.8, 4) is 0 Å². The molecule has 0 spiro atoms. The quantitative estimate of drug-likeness (QED) is 0.789. The molecule has 0 bridgehead atoms. The fourth-order valence-corrected chi connectivity index (χ4v) is 2.90. The zero-order valence-electron chi connectivity index (χ0n) is 13.4. The highest BCUT2D eigenvalue weighted by Gasteiger charge is 2.41.